The minimum Gasteiger partial charge on any atom is -0.368 e. The topological polar surface area (TPSA) is 9.23 Å². The quantitative estimate of drug-likeness (QED) is 0.634. The van der Waals surface area contributed by atoms with Gasteiger partial charge in [0.25, 0.3) is 0 Å². The Bertz CT molecular complexity index is 261. The molecule has 3 atom stereocenters. The molecule has 0 N–H and O–H groups in total. The molecule has 1 nitrogen and oxygen atoms in total. The summed E-state index contributed by atoms with van der Waals surface area (Å²) in [5.41, 5.74) is 1.33. The molecule has 0 saturated carbocycles. The second kappa shape index (κ2) is 4.98. The summed E-state index contributed by atoms with van der Waals surface area (Å²) in [6, 6.07) is 0. The van der Waals surface area contributed by atoms with E-state index in [1.165, 1.54) is 5.57 Å². The van der Waals surface area contributed by atoms with Crippen LogP contribution in [0.5, 0.6) is 0 Å². The monoisotopic (exact) mass is 208 g/mol. The summed E-state index contributed by atoms with van der Waals surface area (Å²) in [4.78, 5) is 0. The van der Waals surface area contributed by atoms with Gasteiger partial charge in [-0.2, -0.15) is 0 Å². The molecule has 86 valence electrons. The average Bonchev–Trinajstić information content (AvgIpc) is 2.11. The molecule has 0 spiro atoms. The molecule has 1 heteroatoms. The number of rotatable bonds is 3. The lowest BCUT2D eigenvalue weighted by molar-refractivity contribution is -0.0725. The first-order valence-corrected chi connectivity index (χ1v) is 5.93. The maximum atomic E-state index is 6.05. The molecule has 1 rings (SSSR count). The van der Waals surface area contributed by atoms with E-state index in [1.54, 1.807) is 0 Å². The smallest absolute Gasteiger partial charge is 0.0841 e. The van der Waals surface area contributed by atoms with Crippen molar-refractivity contribution in [3.63, 3.8) is 0 Å². The summed E-state index contributed by atoms with van der Waals surface area (Å²) in [6.45, 7) is 10.8. The van der Waals surface area contributed by atoms with E-state index < -0.39 is 0 Å². The summed E-state index contributed by atoms with van der Waals surface area (Å²) in [6.07, 6.45) is 9.32. The van der Waals surface area contributed by atoms with Crippen molar-refractivity contribution in [2.24, 2.45) is 5.92 Å². The van der Waals surface area contributed by atoms with Crippen molar-refractivity contribution < 1.29 is 4.74 Å². The molecule has 0 aromatic heterocycles. The summed E-state index contributed by atoms with van der Waals surface area (Å²) in [5, 5.41) is 0. The maximum absolute atomic E-state index is 6.05. The van der Waals surface area contributed by atoms with Gasteiger partial charge in [-0.25, -0.2) is 0 Å². The van der Waals surface area contributed by atoms with Crippen molar-refractivity contribution >= 4 is 0 Å². The summed E-state index contributed by atoms with van der Waals surface area (Å²) >= 11 is 0. The van der Waals surface area contributed by atoms with Gasteiger partial charge in [-0.1, -0.05) is 30.7 Å². The predicted molar refractivity (Wildman–Crippen MR) is 65.9 cm³/mol. The van der Waals surface area contributed by atoms with Crippen LogP contribution in [0.25, 0.3) is 0 Å². The molecule has 0 radical (unpaired) electrons. The Kier molecular flexibility index (Phi) is 4.15. The van der Waals surface area contributed by atoms with Crippen LogP contribution in [0.15, 0.2) is 23.8 Å². The Balaban J connectivity index is 2.53. The van der Waals surface area contributed by atoms with E-state index in [0.717, 1.165) is 12.8 Å². The highest BCUT2D eigenvalue weighted by Gasteiger charge is 2.29. The van der Waals surface area contributed by atoms with Crippen molar-refractivity contribution in [3.05, 3.63) is 23.8 Å². The lowest BCUT2D eigenvalue weighted by Crippen LogP contribution is -2.36. The Labute approximate surface area is 94.2 Å². The van der Waals surface area contributed by atoms with Crippen molar-refractivity contribution in [1.29, 1.82) is 0 Å². The van der Waals surface area contributed by atoms with E-state index in [2.05, 4.69) is 52.8 Å². The highest BCUT2D eigenvalue weighted by atomic mass is 16.5. The SMILES string of the molecule is CC(C)=CCCC1(C)C=CC(C)C(C)O1. The van der Waals surface area contributed by atoms with Crippen molar-refractivity contribution in [1.82, 2.24) is 0 Å². The molecular formula is C14H24O. The zero-order valence-corrected chi connectivity index (χ0v) is 10.7. The molecule has 0 saturated heterocycles. The zero-order chi connectivity index (χ0) is 11.5. The zero-order valence-electron chi connectivity index (χ0n) is 10.7. The van der Waals surface area contributed by atoms with Crippen LogP contribution in [0, 0.1) is 5.92 Å². The van der Waals surface area contributed by atoms with Crippen LogP contribution in [0.3, 0.4) is 0 Å². The lowest BCUT2D eigenvalue weighted by atomic mass is 9.91. The Hall–Kier alpha value is -0.560. The van der Waals surface area contributed by atoms with Gasteiger partial charge in [0, 0.05) is 5.92 Å². The number of hydrogen-bond donors (Lipinski definition) is 0. The normalized spacial score (nSPS) is 35.3. The van der Waals surface area contributed by atoms with E-state index >= 15 is 0 Å². The highest BCUT2D eigenvalue weighted by molar-refractivity contribution is 5.08. The molecule has 3 unspecified atom stereocenters. The van der Waals surface area contributed by atoms with Crippen LogP contribution in [-0.4, -0.2) is 11.7 Å². The van der Waals surface area contributed by atoms with Gasteiger partial charge in [0.2, 0.25) is 0 Å². The molecule has 15 heavy (non-hydrogen) atoms. The first-order valence-electron chi connectivity index (χ1n) is 5.93. The van der Waals surface area contributed by atoms with E-state index in [0.29, 0.717) is 12.0 Å². The third-order valence-corrected chi connectivity index (χ3v) is 3.14. The van der Waals surface area contributed by atoms with Gasteiger partial charge in [0.15, 0.2) is 0 Å². The van der Waals surface area contributed by atoms with Gasteiger partial charge >= 0.3 is 0 Å². The molecule has 0 aromatic carbocycles. The largest absolute Gasteiger partial charge is 0.368 e. The molecular weight excluding hydrogens is 184 g/mol. The Morgan fingerprint density at radius 3 is 2.60 bits per heavy atom. The standard InChI is InChI=1S/C14H24O/c1-11(2)7-6-9-14(5)10-8-12(3)13(4)15-14/h7-8,10,12-13H,6,9H2,1-5H3. The summed E-state index contributed by atoms with van der Waals surface area (Å²) < 4.78 is 6.05. The molecule has 0 fully saturated rings. The predicted octanol–water partition coefficient (Wildman–Crippen LogP) is 4.10. The fraction of sp³-hybridized carbons (Fsp3) is 0.714. The molecule has 1 aliphatic heterocycles. The number of ether oxygens (including phenoxy) is 1. The minimum absolute atomic E-state index is 0.0577. The molecule has 0 aromatic rings. The summed E-state index contributed by atoms with van der Waals surface area (Å²) in [7, 11) is 0. The van der Waals surface area contributed by atoms with E-state index in [1.807, 2.05) is 0 Å². The van der Waals surface area contributed by atoms with Crippen molar-refractivity contribution in [2.45, 2.75) is 59.2 Å². The van der Waals surface area contributed by atoms with E-state index in [-0.39, 0.29) is 5.60 Å². The molecule has 0 bridgehead atoms. The average molecular weight is 208 g/mol. The first kappa shape index (κ1) is 12.5. The van der Waals surface area contributed by atoms with Crippen LogP contribution in [0.1, 0.15) is 47.5 Å². The van der Waals surface area contributed by atoms with Gasteiger partial charge in [0.1, 0.15) is 0 Å². The number of hydrogen-bond acceptors (Lipinski definition) is 1. The van der Waals surface area contributed by atoms with E-state index in [4.69, 9.17) is 4.74 Å². The minimum atomic E-state index is -0.0577. The second-order valence-electron chi connectivity index (χ2n) is 5.17. The van der Waals surface area contributed by atoms with Gasteiger partial charge in [-0.05, 0) is 40.5 Å². The van der Waals surface area contributed by atoms with Crippen LogP contribution in [-0.2, 0) is 4.74 Å². The van der Waals surface area contributed by atoms with E-state index in [9.17, 15) is 0 Å². The Morgan fingerprint density at radius 2 is 2.07 bits per heavy atom. The third kappa shape index (κ3) is 3.83. The maximum Gasteiger partial charge on any atom is 0.0841 e. The molecule has 1 heterocycles. The second-order valence-corrected chi connectivity index (χ2v) is 5.17. The fourth-order valence-electron chi connectivity index (χ4n) is 1.87. The summed E-state index contributed by atoms with van der Waals surface area (Å²) in [5.74, 6) is 0.543. The first-order chi connectivity index (χ1) is 6.93. The molecule has 0 amide bonds. The van der Waals surface area contributed by atoms with Crippen molar-refractivity contribution in [2.75, 3.05) is 0 Å². The van der Waals surface area contributed by atoms with Gasteiger partial charge < -0.3 is 4.74 Å². The number of allylic oxidation sites excluding steroid dienone is 2. The highest BCUT2D eigenvalue weighted by Crippen LogP contribution is 2.29. The van der Waals surface area contributed by atoms with Crippen molar-refractivity contribution in [3.8, 4) is 0 Å². The van der Waals surface area contributed by atoms with Crippen LogP contribution in [0.4, 0.5) is 0 Å². The van der Waals surface area contributed by atoms with Crippen LogP contribution >= 0.6 is 0 Å². The van der Waals surface area contributed by atoms with Gasteiger partial charge in [0.05, 0.1) is 11.7 Å². The van der Waals surface area contributed by atoms with Gasteiger partial charge in [-0.3, -0.25) is 0 Å². The van der Waals surface area contributed by atoms with Crippen LogP contribution < -0.4 is 0 Å². The molecule has 1 aliphatic rings. The lowest BCUT2D eigenvalue weighted by Gasteiger charge is -2.36. The molecule has 0 aliphatic carbocycles. The van der Waals surface area contributed by atoms with Gasteiger partial charge in [-0.15, -0.1) is 0 Å². The third-order valence-electron chi connectivity index (χ3n) is 3.14. The Morgan fingerprint density at radius 1 is 1.40 bits per heavy atom. The van der Waals surface area contributed by atoms with Crippen LogP contribution in [0.2, 0.25) is 0 Å². The fourth-order valence-corrected chi connectivity index (χ4v) is 1.87.